The number of methoxy groups -OCH3 is 2. The first-order valence-electron chi connectivity index (χ1n) is 10.1. The van der Waals surface area contributed by atoms with Gasteiger partial charge in [0.1, 0.15) is 0 Å². The van der Waals surface area contributed by atoms with Crippen LogP contribution in [0.1, 0.15) is 21.1 Å². The van der Waals surface area contributed by atoms with Crippen molar-refractivity contribution in [2.75, 3.05) is 20.8 Å². The number of thiophene rings is 1. The van der Waals surface area contributed by atoms with E-state index in [1.54, 1.807) is 31.3 Å². The van der Waals surface area contributed by atoms with Crippen LogP contribution in [0.3, 0.4) is 0 Å². The van der Waals surface area contributed by atoms with E-state index in [4.69, 9.17) is 14.0 Å². The highest BCUT2D eigenvalue weighted by molar-refractivity contribution is 7.12. The highest BCUT2D eigenvalue weighted by Gasteiger charge is 2.19. The van der Waals surface area contributed by atoms with Gasteiger partial charge < -0.3 is 18.9 Å². The van der Waals surface area contributed by atoms with Crippen molar-refractivity contribution in [2.24, 2.45) is 0 Å². The number of carbonyl (C=O) groups excluding carboxylic acids is 1. The van der Waals surface area contributed by atoms with Crippen LogP contribution in [0, 0.1) is 0 Å². The minimum absolute atomic E-state index is 0.0107. The number of aromatic nitrogens is 2. The molecule has 8 heteroatoms. The quantitative estimate of drug-likeness (QED) is 0.369. The van der Waals surface area contributed by atoms with Crippen molar-refractivity contribution in [3.63, 3.8) is 0 Å². The van der Waals surface area contributed by atoms with Gasteiger partial charge in [0.05, 0.1) is 19.1 Å². The van der Waals surface area contributed by atoms with Crippen LogP contribution in [0.4, 0.5) is 0 Å². The van der Waals surface area contributed by atoms with Gasteiger partial charge in [-0.3, -0.25) is 4.79 Å². The molecule has 0 saturated heterocycles. The average molecular weight is 450 g/mol. The Morgan fingerprint density at radius 3 is 2.56 bits per heavy atom. The van der Waals surface area contributed by atoms with E-state index in [0.29, 0.717) is 47.6 Å². The second-order valence-electron chi connectivity index (χ2n) is 7.02. The van der Waals surface area contributed by atoms with Crippen molar-refractivity contribution in [1.29, 1.82) is 0 Å². The van der Waals surface area contributed by atoms with Crippen molar-refractivity contribution >= 4 is 17.2 Å². The normalized spacial score (nSPS) is 10.7. The SMILES string of the molecule is COc1ccc(-c2noc(CCN(Cc3ccccc3)C(=O)c3cccs3)n2)cc1OC. The molecule has 0 atom stereocenters. The fraction of sp³-hybridized carbons (Fsp3) is 0.208. The third-order valence-corrected chi connectivity index (χ3v) is 5.80. The van der Waals surface area contributed by atoms with E-state index in [-0.39, 0.29) is 5.91 Å². The summed E-state index contributed by atoms with van der Waals surface area (Å²) in [4.78, 5) is 20.0. The average Bonchev–Trinajstić information content (AvgIpc) is 3.54. The first-order chi connectivity index (χ1) is 15.7. The van der Waals surface area contributed by atoms with Crippen molar-refractivity contribution in [2.45, 2.75) is 13.0 Å². The molecule has 7 nitrogen and oxygen atoms in total. The van der Waals surface area contributed by atoms with E-state index < -0.39 is 0 Å². The summed E-state index contributed by atoms with van der Waals surface area (Å²) in [5.41, 5.74) is 1.82. The van der Waals surface area contributed by atoms with Crippen molar-refractivity contribution in [3.05, 3.63) is 82.4 Å². The molecule has 0 fully saturated rings. The molecule has 0 bridgehead atoms. The Kier molecular flexibility index (Phi) is 6.81. The largest absolute Gasteiger partial charge is 0.493 e. The summed E-state index contributed by atoms with van der Waals surface area (Å²) in [5.74, 6) is 2.13. The smallest absolute Gasteiger partial charge is 0.264 e. The van der Waals surface area contributed by atoms with E-state index in [1.807, 2.05) is 53.9 Å². The third-order valence-electron chi connectivity index (χ3n) is 4.94. The minimum atomic E-state index is -0.0107. The van der Waals surface area contributed by atoms with Gasteiger partial charge in [-0.1, -0.05) is 41.6 Å². The number of rotatable bonds is 9. The van der Waals surface area contributed by atoms with Gasteiger partial charge in [-0.2, -0.15) is 4.98 Å². The molecule has 0 saturated carbocycles. The fourth-order valence-corrected chi connectivity index (χ4v) is 3.98. The van der Waals surface area contributed by atoms with E-state index in [2.05, 4.69) is 10.1 Å². The molecule has 0 N–H and O–H groups in total. The van der Waals surface area contributed by atoms with E-state index >= 15 is 0 Å². The summed E-state index contributed by atoms with van der Waals surface area (Å²) in [6.45, 7) is 0.966. The van der Waals surface area contributed by atoms with Crippen LogP contribution in [0.15, 0.2) is 70.6 Å². The summed E-state index contributed by atoms with van der Waals surface area (Å²) in [6.07, 6.45) is 0.449. The van der Waals surface area contributed by atoms with Gasteiger partial charge in [-0.05, 0) is 35.2 Å². The zero-order valence-corrected chi connectivity index (χ0v) is 18.7. The zero-order chi connectivity index (χ0) is 22.3. The van der Waals surface area contributed by atoms with Crippen LogP contribution in [0.2, 0.25) is 0 Å². The summed E-state index contributed by atoms with van der Waals surface area (Å²) in [6, 6.07) is 19.1. The molecule has 0 unspecified atom stereocenters. The van der Waals surface area contributed by atoms with Crippen LogP contribution in [-0.2, 0) is 13.0 Å². The van der Waals surface area contributed by atoms with Crippen molar-refractivity contribution < 1.29 is 18.8 Å². The molecule has 0 aliphatic rings. The zero-order valence-electron chi connectivity index (χ0n) is 17.9. The van der Waals surface area contributed by atoms with Crippen molar-refractivity contribution in [1.82, 2.24) is 15.0 Å². The highest BCUT2D eigenvalue weighted by atomic mass is 32.1. The van der Waals surface area contributed by atoms with Crippen LogP contribution >= 0.6 is 11.3 Å². The van der Waals surface area contributed by atoms with E-state index in [0.717, 1.165) is 11.1 Å². The van der Waals surface area contributed by atoms with Crippen LogP contribution in [0.5, 0.6) is 11.5 Å². The second-order valence-corrected chi connectivity index (χ2v) is 7.97. The molecule has 0 radical (unpaired) electrons. The number of amides is 1. The lowest BCUT2D eigenvalue weighted by Crippen LogP contribution is -2.32. The Morgan fingerprint density at radius 1 is 1.03 bits per heavy atom. The number of hydrogen-bond donors (Lipinski definition) is 0. The second kappa shape index (κ2) is 10.1. The van der Waals surface area contributed by atoms with E-state index in [9.17, 15) is 4.79 Å². The Labute approximate surface area is 190 Å². The number of hydrogen-bond acceptors (Lipinski definition) is 7. The van der Waals surface area contributed by atoms with Gasteiger partial charge in [0.2, 0.25) is 11.7 Å². The lowest BCUT2D eigenvalue weighted by atomic mass is 10.2. The maximum atomic E-state index is 13.0. The Bertz CT molecular complexity index is 1160. The number of benzene rings is 2. The topological polar surface area (TPSA) is 77.7 Å². The molecule has 2 heterocycles. The molecule has 32 heavy (non-hydrogen) atoms. The molecular weight excluding hydrogens is 426 g/mol. The van der Waals surface area contributed by atoms with Crippen LogP contribution < -0.4 is 9.47 Å². The first kappa shape index (κ1) is 21.6. The highest BCUT2D eigenvalue weighted by Crippen LogP contribution is 2.31. The molecule has 1 amide bonds. The van der Waals surface area contributed by atoms with Gasteiger partial charge in [0, 0.05) is 25.1 Å². The molecule has 4 rings (SSSR count). The lowest BCUT2D eigenvalue weighted by Gasteiger charge is -2.21. The van der Waals surface area contributed by atoms with Crippen LogP contribution in [0.25, 0.3) is 11.4 Å². The predicted octanol–water partition coefficient (Wildman–Crippen LogP) is 4.70. The Hall–Kier alpha value is -3.65. The standard InChI is InChI=1S/C24H23N3O4S/c1-29-19-11-10-18(15-20(19)30-2)23-25-22(31-26-23)12-13-27(16-17-7-4-3-5-8-17)24(28)21-9-6-14-32-21/h3-11,14-15H,12-13,16H2,1-2H3. The third kappa shape index (κ3) is 4.97. The molecule has 0 aliphatic carbocycles. The molecule has 164 valence electrons. The molecule has 2 aromatic carbocycles. The molecule has 0 aliphatic heterocycles. The molecular formula is C24H23N3O4S. The summed E-state index contributed by atoms with van der Waals surface area (Å²) >= 11 is 1.43. The molecule has 2 aromatic heterocycles. The maximum absolute atomic E-state index is 13.0. The number of nitrogens with zero attached hydrogens (tertiary/aromatic N) is 3. The summed E-state index contributed by atoms with van der Waals surface area (Å²) in [5, 5.41) is 5.99. The predicted molar refractivity (Wildman–Crippen MR) is 122 cm³/mol. The monoisotopic (exact) mass is 449 g/mol. The molecule has 4 aromatic rings. The van der Waals surface area contributed by atoms with E-state index in [1.165, 1.54) is 11.3 Å². The number of ether oxygens (including phenoxy) is 2. The summed E-state index contributed by atoms with van der Waals surface area (Å²) in [7, 11) is 3.16. The van der Waals surface area contributed by atoms with Gasteiger partial charge in [0.25, 0.3) is 5.91 Å². The maximum Gasteiger partial charge on any atom is 0.264 e. The first-order valence-corrected chi connectivity index (χ1v) is 11.0. The lowest BCUT2D eigenvalue weighted by molar-refractivity contribution is 0.0746. The Balaban J connectivity index is 1.49. The Morgan fingerprint density at radius 2 is 1.84 bits per heavy atom. The van der Waals surface area contributed by atoms with Gasteiger partial charge in [-0.15, -0.1) is 11.3 Å². The van der Waals surface area contributed by atoms with Gasteiger partial charge in [-0.25, -0.2) is 0 Å². The molecule has 0 spiro atoms. The van der Waals surface area contributed by atoms with Crippen LogP contribution in [-0.4, -0.2) is 41.7 Å². The fourth-order valence-electron chi connectivity index (χ4n) is 3.29. The minimum Gasteiger partial charge on any atom is -0.493 e. The van der Waals surface area contributed by atoms with Crippen molar-refractivity contribution in [3.8, 4) is 22.9 Å². The summed E-state index contributed by atoms with van der Waals surface area (Å²) < 4.78 is 16.1. The number of carbonyl (C=O) groups is 1. The van der Waals surface area contributed by atoms with Gasteiger partial charge in [0.15, 0.2) is 11.5 Å². The van der Waals surface area contributed by atoms with Gasteiger partial charge >= 0.3 is 0 Å².